The first-order valence-electron chi connectivity index (χ1n) is 11.7. The van der Waals surface area contributed by atoms with Gasteiger partial charge in [-0.2, -0.15) is 5.10 Å². The molecule has 0 aliphatic rings. The fraction of sp³-hybridized carbons (Fsp3) is 0.185. The molecule has 0 radical (unpaired) electrons. The minimum absolute atomic E-state index is 0.174. The number of ether oxygens (including phenoxy) is 3. The lowest BCUT2D eigenvalue weighted by Crippen LogP contribution is -2.37. The van der Waals surface area contributed by atoms with Gasteiger partial charge in [-0.05, 0) is 77.0 Å². The molecule has 0 unspecified atom stereocenters. The van der Waals surface area contributed by atoms with Crippen molar-refractivity contribution in [1.82, 2.24) is 10.7 Å². The summed E-state index contributed by atoms with van der Waals surface area (Å²) < 4.78 is 17.2. The lowest BCUT2D eigenvalue weighted by atomic mass is 10.2. The predicted octanol–water partition coefficient (Wildman–Crippen LogP) is 4.14. The minimum Gasteiger partial charge on any atom is -0.497 e. The van der Waals surface area contributed by atoms with Crippen molar-refractivity contribution >= 4 is 63.8 Å². The number of hydrogen-bond acceptors (Lipinski definition) is 7. The van der Waals surface area contributed by atoms with Crippen molar-refractivity contribution in [3.05, 3.63) is 80.4 Å². The number of rotatable bonds is 11. The highest BCUT2D eigenvalue weighted by atomic mass is 127. The van der Waals surface area contributed by atoms with Crippen LogP contribution in [0.1, 0.15) is 18.1 Å². The second kappa shape index (κ2) is 14.9. The number of carbonyl (C=O) groups is 3. The molecule has 204 valence electrons. The van der Waals surface area contributed by atoms with E-state index in [1.807, 2.05) is 29.5 Å². The Morgan fingerprint density at radius 3 is 2.46 bits per heavy atom. The second-order valence-corrected chi connectivity index (χ2v) is 9.38. The normalized spacial score (nSPS) is 10.6. The molecular weight excluding hydrogens is 639 g/mol. The Hall–Kier alpha value is -3.84. The number of para-hydroxylation sites is 1. The van der Waals surface area contributed by atoms with Gasteiger partial charge >= 0.3 is 11.8 Å². The molecule has 10 nitrogen and oxygen atoms in total. The van der Waals surface area contributed by atoms with Gasteiger partial charge in [0.25, 0.3) is 5.91 Å². The average molecular weight is 665 g/mol. The molecule has 3 rings (SSSR count). The molecule has 0 heterocycles. The van der Waals surface area contributed by atoms with Crippen LogP contribution in [0.5, 0.6) is 17.2 Å². The standard InChI is InChI=1S/C27H26ClIN4O6/c1-3-38-23-13-18(12-21(29)25(23)39-16-24(34)32-22-7-5-4-6-20(22)28)15-31-33-27(36)26(35)30-14-17-8-10-19(37-2)11-9-17/h4-13,15H,3,14,16H2,1-2H3,(H,30,35)(H,32,34)(H,33,36)/b31-15-. The van der Waals surface area contributed by atoms with Crippen molar-refractivity contribution in [3.8, 4) is 17.2 Å². The largest absolute Gasteiger partial charge is 0.497 e. The van der Waals surface area contributed by atoms with Crippen LogP contribution >= 0.6 is 34.2 Å². The van der Waals surface area contributed by atoms with Crippen molar-refractivity contribution in [2.24, 2.45) is 5.10 Å². The van der Waals surface area contributed by atoms with Crippen molar-refractivity contribution in [3.63, 3.8) is 0 Å². The third kappa shape index (κ3) is 9.14. The summed E-state index contributed by atoms with van der Waals surface area (Å²) in [6.07, 6.45) is 1.37. The Morgan fingerprint density at radius 2 is 1.77 bits per heavy atom. The number of carbonyl (C=O) groups excluding carboxylic acids is 3. The van der Waals surface area contributed by atoms with Gasteiger partial charge in [0.15, 0.2) is 18.1 Å². The van der Waals surface area contributed by atoms with E-state index in [9.17, 15) is 14.4 Å². The Labute approximate surface area is 244 Å². The summed E-state index contributed by atoms with van der Waals surface area (Å²) in [7, 11) is 1.56. The molecule has 3 aromatic rings. The molecule has 12 heteroatoms. The summed E-state index contributed by atoms with van der Waals surface area (Å²) in [6.45, 7) is 2.07. The first-order chi connectivity index (χ1) is 18.8. The molecule has 0 aliphatic carbocycles. The molecule has 0 spiro atoms. The van der Waals surface area contributed by atoms with E-state index in [-0.39, 0.29) is 19.1 Å². The number of nitrogens with zero attached hydrogens (tertiary/aromatic N) is 1. The van der Waals surface area contributed by atoms with Crippen LogP contribution in [0.3, 0.4) is 0 Å². The first kappa shape index (κ1) is 29.7. The zero-order valence-electron chi connectivity index (χ0n) is 21.1. The summed E-state index contributed by atoms with van der Waals surface area (Å²) in [5, 5.41) is 9.50. The Bertz CT molecular complexity index is 1350. The molecule has 0 saturated carbocycles. The maximum Gasteiger partial charge on any atom is 0.329 e. The van der Waals surface area contributed by atoms with E-state index in [2.05, 4.69) is 21.2 Å². The van der Waals surface area contributed by atoms with Crippen LogP contribution in [0.2, 0.25) is 5.02 Å². The van der Waals surface area contributed by atoms with E-state index in [1.54, 1.807) is 67.8 Å². The summed E-state index contributed by atoms with van der Waals surface area (Å²) in [4.78, 5) is 36.5. The van der Waals surface area contributed by atoms with Gasteiger partial charge in [-0.1, -0.05) is 35.9 Å². The highest BCUT2D eigenvalue weighted by molar-refractivity contribution is 14.1. The summed E-state index contributed by atoms with van der Waals surface area (Å²) >= 11 is 8.13. The molecule has 3 N–H and O–H groups in total. The first-order valence-corrected chi connectivity index (χ1v) is 13.1. The van der Waals surface area contributed by atoms with Gasteiger partial charge in [0.1, 0.15) is 5.75 Å². The van der Waals surface area contributed by atoms with Crippen LogP contribution in [0.25, 0.3) is 0 Å². The van der Waals surface area contributed by atoms with Crippen LogP contribution in [0, 0.1) is 3.57 Å². The average Bonchev–Trinajstić information content (AvgIpc) is 2.93. The zero-order chi connectivity index (χ0) is 28.2. The van der Waals surface area contributed by atoms with E-state index in [0.717, 1.165) is 5.56 Å². The topological polar surface area (TPSA) is 127 Å². The van der Waals surface area contributed by atoms with Crippen LogP contribution < -0.4 is 30.3 Å². The maximum absolute atomic E-state index is 12.4. The molecule has 0 atom stereocenters. The molecule has 3 amide bonds. The highest BCUT2D eigenvalue weighted by Gasteiger charge is 2.15. The SMILES string of the molecule is CCOc1cc(/C=N\NC(=O)C(=O)NCc2ccc(OC)cc2)cc(I)c1OCC(=O)Nc1ccccc1Cl. The van der Waals surface area contributed by atoms with Crippen molar-refractivity contribution in [2.75, 3.05) is 25.6 Å². The third-order valence-corrected chi connectivity index (χ3v) is 6.16. The van der Waals surface area contributed by atoms with Crippen molar-refractivity contribution in [1.29, 1.82) is 0 Å². The monoisotopic (exact) mass is 664 g/mol. The number of methoxy groups -OCH3 is 1. The third-order valence-electron chi connectivity index (χ3n) is 5.03. The molecule has 3 aromatic carbocycles. The summed E-state index contributed by atoms with van der Waals surface area (Å²) in [6, 6.07) is 17.3. The van der Waals surface area contributed by atoms with Gasteiger partial charge in [0.2, 0.25) is 0 Å². The number of anilines is 1. The molecule has 39 heavy (non-hydrogen) atoms. The van der Waals surface area contributed by atoms with Crippen molar-refractivity contribution < 1.29 is 28.6 Å². The molecule has 0 saturated heterocycles. The molecular formula is C27H26ClIN4O6. The number of halogens is 2. The lowest BCUT2D eigenvalue weighted by Gasteiger charge is -2.15. The van der Waals surface area contributed by atoms with Gasteiger partial charge < -0.3 is 24.8 Å². The van der Waals surface area contributed by atoms with Crippen LogP contribution in [-0.4, -0.2) is 44.3 Å². The lowest BCUT2D eigenvalue weighted by molar-refractivity contribution is -0.139. The van der Waals surface area contributed by atoms with E-state index in [0.29, 0.717) is 43.7 Å². The molecule has 0 aromatic heterocycles. The minimum atomic E-state index is -0.913. The highest BCUT2D eigenvalue weighted by Crippen LogP contribution is 2.34. The number of hydrogen-bond donors (Lipinski definition) is 3. The van der Waals surface area contributed by atoms with Gasteiger partial charge in [-0.3, -0.25) is 14.4 Å². The number of benzene rings is 3. The van der Waals surface area contributed by atoms with E-state index in [4.69, 9.17) is 25.8 Å². The van der Waals surface area contributed by atoms with Crippen LogP contribution in [0.15, 0.2) is 65.8 Å². The van der Waals surface area contributed by atoms with E-state index >= 15 is 0 Å². The quantitative estimate of drug-likeness (QED) is 0.123. The molecule has 0 aliphatic heterocycles. The molecule has 0 bridgehead atoms. The van der Waals surface area contributed by atoms with Crippen LogP contribution in [0.4, 0.5) is 5.69 Å². The van der Waals surface area contributed by atoms with Gasteiger partial charge in [0.05, 0.1) is 34.2 Å². The van der Waals surface area contributed by atoms with E-state index < -0.39 is 11.8 Å². The van der Waals surface area contributed by atoms with Gasteiger partial charge in [-0.25, -0.2) is 5.43 Å². The van der Waals surface area contributed by atoms with Gasteiger partial charge in [0, 0.05) is 6.54 Å². The Morgan fingerprint density at radius 1 is 1.03 bits per heavy atom. The predicted molar refractivity (Wildman–Crippen MR) is 156 cm³/mol. The van der Waals surface area contributed by atoms with Gasteiger partial charge in [-0.15, -0.1) is 0 Å². The zero-order valence-corrected chi connectivity index (χ0v) is 24.0. The smallest absolute Gasteiger partial charge is 0.329 e. The number of amides is 3. The Balaban J connectivity index is 1.56. The second-order valence-electron chi connectivity index (χ2n) is 7.81. The fourth-order valence-electron chi connectivity index (χ4n) is 3.17. The summed E-state index contributed by atoms with van der Waals surface area (Å²) in [5.74, 6) is -0.668. The molecule has 0 fully saturated rings. The van der Waals surface area contributed by atoms with Crippen LogP contribution in [-0.2, 0) is 20.9 Å². The van der Waals surface area contributed by atoms with E-state index in [1.165, 1.54) is 6.21 Å². The fourth-order valence-corrected chi connectivity index (χ4v) is 4.14. The van der Waals surface area contributed by atoms with Crippen molar-refractivity contribution in [2.45, 2.75) is 13.5 Å². The maximum atomic E-state index is 12.4. The number of nitrogens with one attached hydrogen (secondary N) is 3. The number of hydrazone groups is 1. The Kier molecular flexibility index (Phi) is 11.4. The summed E-state index contributed by atoms with van der Waals surface area (Å²) in [5.41, 5.74) is 4.07.